The summed E-state index contributed by atoms with van der Waals surface area (Å²) in [4.78, 5) is 0. The molecule has 0 aliphatic heterocycles. The van der Waals surface area contributed by atoms with Gasteiger partial charge in [-0.25, -0.2) is 0 Å². The molecule has 0 saturated carbocycles. The molecule has 1 aromatic rings. The summed E-state index contributed by atoms with van der Waals surface area (Å²) in [5.41, 5.74) is 0. The van der Waals surface area contributed by atoms with Gasteiger partial charge in [-0.2, -0.15) is 0 Å². The minimum Gasteiger partial charge on any atom is -0.278 e. The quantitative estimate of drug-likeness (QED) is 0.511. The number of rotatable bonds is 0. The van der Waals surface area contributed by atoms with Gasteiger partial charge in [0.05, 0.1) is 0 Å². The number of thiophene rings is 1. The molecule has 0 unspecified atom stereocenters. The molecule has 0 saturated heterocycles. The molecule has 0 aliphatic rings. The molecule has 0 N–H and O–H groups in total. The van der Waals surface area contributed by atoms with Crippen molar-refractivity contribution < 1.29 is 5.11 Å². The summed E-state index contributed by atoms with van der Waals surface area (Å²) in [7, 11) is 0. The molecule has 0 atom stereocenters. The van der Waals surface area contributed by atoms with Gasteiger partial charge >= 0.3 is 17.6 Å². The molecule has 3 heteroatoms. The van der Waals surface area contributed by atoms with E-state index in [1.165, 1.54) is 11.3 Å². The predicted octanol–water partition coefficient (Wildman–Crippen LogP) is 0.440. The molecule has 0 spiro atoms. The Morgan fingerprint density at radius 3 is 2.43 bits per heavy atom. The second-order valence-corrected chi connectivity index (χ2v) is 1.84. The number of hydrogen-bond donors (Lipinski definition) is 0. The van der Waals surface area contributed by atoms with E-state index in [4.69, 9.17) is 0 Å². The van der Waals surface area contributed by atoms with Crippen LogP contribution in [0.15, 0.2) is 17.5 Å². The Morgan fingerprint density at radius 2 is 2.29 bits per heavy atom. The van der Waals surface area contributed by atoms with Crippen molar-refractivity contribution in [2.75, 3.05) is 0 Å². The van der Waals surface area contributed by atoms with Crippen LogP contribution >= 0.6 is 11.3 Å². The Balaban J connectivity index is 0.000000360. The fraction of sp³-hybridized carbons (Fsp3) is 0. The second kappa shape index (κ2) is 3.10. The van der Waals surface area contributed by atoms with Gasteiger partial charge < -0.3 is 0 Å². The first-order chi connectivity index (χ1) is 2.89. The van der Waals surface area contributed by atoms with E-state index < -0.39 is 0 Å². The van der Waals surface area contributed by atoms with Crippen molar-refractivity contribution in [3.63, 3.8) is 0 Å². The molecule has 0 fully saturated rings. The van der Waals surface area contributed by atoms with Gasteiger partial charge in [-0.3, -0.25) is 5.11 Å². The molecule has 1 nitrogen and oxygen atoms in total. The fourth-order valence-corrected chi connectivity index (χ4v) is 0.712. The Bertz CT molecular complexity index is 115. The summed E-state index contributed by atoms with van der Waals surface area (Å²) in [5.74, 6) is 0. The molecular formula is C4H7GeOS. The number of hydrogen-bond acceptors (Lipinski definition) is 1. The fourth-order valence-electron chi connectivity index (χ4n) is 0.263. The van der Waals surface area contributed by atoms with E-state index >= 15 is 0 Å². The van der Waals surface area contributed by atoms with Crippen LogP contribution in [0.4, 0.5) is 0 Å². The maximum atomic E-state index is 10.1. The van der Waals surface area contributed by atoms with E-state index in [0.717, 1.165) is 0 Å². The smallest absolute Gasteiger partial charge is 0.232 e. The van der Waals surface area contributed by atoms with Gasteiger partial charge in [0.25, 0.3) is 0 Å². The SMILES string of the molecule is [GeH4].[O]c1cccs1. The zero-order valence-electron chi connectivity index (χ0n) is 3.05. The molecule has 1 aromatic heterocycles. The normalized spacial score (nSPS) is 7.43. The summed E-state index contributed by atoms with van der Waals surface area (Å²) >= 11 is 1.22. The molecule has 0 aromatic carbocycles. The van der Waals surface area contributed by atoms with Crippen LogP contribution in [0.2, 0.25) is 0 Å². The standard InChI is InChI=1S/C4H3OS.GeH4/c5-4-2-1-3-6-4;/h1-3H;1H4. The van der Waals surface area contributed by atoms with Crippen molar-refractivity contribution >= 4 is 28.9 Å². The third kappa shape index (κ3) is 1.99. The zero-order valence-corrected chi connectivity index (χ0v) is 3.87. The Hall–Kier alpha value is 0.0429. The van der Waals surface area contributed by atoms with Crippen LogP contribution in [0.1, 0.15) is 0 Å². The van der Waals surface area contributed by atoms with Gasteiger partial charge in [0, 0.05) is 0 Å². The van der Waals surface area contributed by atoms with Crippen molar-refractivity contribution in [1.82, 2.24) is 0 Å². The van der Waals surface area contributed by atoms with Gasteiger partial charge in [0.1, 0.15) is 0 Å². The molecule has 0 amide bonds. The van der Waals surface area contributed by atoms with E-state index in [1.807, 2.05) is 0 Å². The summed E-state index contributed by atoms with van der Waals surface area (Å²) in [6.07, 6.45) is 0. The maximum absolute atomic E-state index is 10.1. The van der Waals surface area contributed by atoms with Crippen LogP contribution in [-0.2, 0) is 5.11 Å². The van der Waals surface area contributed by atoms with Crippen molar-refractivity contribution in [2.24, 2.45) is 0 Å². The Morgan fingerprint density at radius 1 is 1.57 bits per heavy atom. The van der Waals surface area contributed by atoms with E-state index in [1.54, 1.807) is 17.5 Å². The summed E-state index contributed by atoms with van der Waals surface area (Å²) in [6.45, 7) is 0. The summed E-state index contributed by atoms with van der Waals surface area (Å²) < 4.78 is 0. The maximum Gasteiger partial charge on any atom is 0.232 e. The van der Waals surface area contributed by atoms with Crippen LogP contribution in [0, 0.1) is 0 Å². The Labute approximate surface area is 57.0 Å². The largest absolute Gasteiger partial charge is 0.278 e. The van der Waals surface area contributed by atoms with Crippen LogP contribution in [0.3, 0.4) is 0 Å². The van der Waals surface area contributed by atoms with Crippen molar-refractivity contribution in [2.45, 2.75) is 0 Å². The molecule has 1 heterocycles. The van der Waals surface area contributed by atoms with Gasteiger partial charge in [-0.1, -0.05) is 0 Å². The average Bonchev–Trinajstić information content (AvgIpc) is 1.86. The van der Waals surface area contributed by atoms with E-state index in [0.29, 0.717) is 0 Å². The predicted molar refractivity (Wildman–Crippen MR) is 35.8 cm³/mol. The van der Waals surface area contributed by atoms with Crippen molar-refractivity contribution in [1.29, 1.82) is 0 Å². The molecule has 1 rings (SSSR count). The third-order valence-electron chi connectivity index (χ3n) is 0.495. The summed E-state index contributed by atoms with van der Waals surface area (Å²) in [6, 6.07) is 3.29. The van der Waals surface area contributed by atoms with E-state index in [-0.39, 0.29) is 22.7 Å². The monoisotopic (exact) mass is 177 g/mol. The zero-order chi connectivity index (χ0) is 4.41. The van der Waals surface area contributed by atoms with Crippen molar-refractivity contribution in [3.05, 3.63) is 17.5 Å². The Kier molecular flexibility index (Phi) is 3.12. The molecule has 0 aliphatic carbocycles. The minimum atomic E-state index is 0. The first kappa shape index (κ1) is 7.04. The third-order valence-corrected chi connectivity index (χ3v) is 1.16. The van der Waals surface area contributed by atoms with Gasteiger partial charge in [-0.15, -0.1) is 11.3 Å². The minimum absolute atomic E-state index is 0. The molecule has 7 heavy (non-hydrogen) atoms. The van der Waals surface area contributed by atoms with Crippen LogP contribution in [0.5, 0.6) is 5.06 Å². The molecule has 1 radical (unpaired) electrons. The molecule has 39 valence electrons. The molecule has 0 bridgehead atoms. The molecular weight excluding hydrogens is 169 g/mol. The van der Waals surface area contributed by atoms with Crippen LogP contribution in [0.25, 0.3) is 0 Å². The summed E-state index contributed by atoms with van der Waals surface area (Å²) in [5, 5.41) is 12.0. The van der Waals surface area contributed by atoms with Gasteiger partial charge in [0.15, 0.2) is 0 Å². The van der Waals surface area contributed by atoms with Crippen molar-refractivity contribution in [3.8, 4) is 5.06 Å². The van der Waals surface area contributed by atoms with Crippen LogP contribution in [-0.4, -0.2) is 17.6 Å². The topological polar surface area (TPSA) is 19.9 Å². The van der Waals surface area contributed by atoms with E-state index in [9.17, 15) is 5.11 Å². The van der Waals surface area contributed by atoms with Gasteiger partial charge in [-0.05, 0) is 17.5 Å². The first-order valence-electron chi connectivity index (χ1n) is 1.60. The van der Waals surface area contributed by atoms with E-state index in [2.05, 4.69) is 0 Å². The average molecular weight is 176 g/mol. The van der Waals surface area contributed by atoms with Crippen LogP contribution < -0.4 is 0 Å². The second-order valence-electron chi connectivity index (χ2n) is 0.932. The van der Waals surface area contributed by atoms with Gasteiger partial charge in [0.2, 0.25) is 5.06 Å². The first-order valence-corrected chi connectivity index (χ1v) is 2.48.